The molecule has 0 aliphatic carbocycles. The van der Waals surface area contributed by atoms with Gasteiger partial charge in [-0.25, -0.2) is 9.79 Å². The average Bonchev–Trinajstić information content (AvgIpc) is 3.16. The number of benzene rings is 2. The second-order valence-corrected chi connectivity index (χ2v) is 9.50. The van der Waals surface area contributed by atoms with E-state index < -0.39 is 12.0 Å². The molecule has 0 bridgehead atoms. The number of allylic oxidation sites excluding steroid dienone is 1. The van der Waals surface area contributed by atoms with Crippen LogP contribution in [0.2, 0.25) is 5.02 Å². The Morgan fingerprint density at radius 2 is 1.84 bits per heavy atom. The molecule has 8 nitrogen and oxygen atoms in total. The monoisotopic (exact) mass is 542 g/mol. The summed E-state index contributed by atoms with van der Waals surface area (Å²) in [6.07, 6.45) is 1.66. The number of rotatable bonds is 8. The van der Waals surface area contributed by atoms with Crippen molar-refractivity contribution in [3.05, 3.63) is 83.5 Å². The zero-order valence-electron chi connectivity index (χ0n) is 20.9. The first-order valence-electron chi connectivity index (χ1n) is 11.9. The van der Waals surface area contributed by atoms with Crippen LogP contribution in [0, 0.1) is 0 Å². The molecular weight excluding hydrogens is 516 g/mol. The molecule has 1 aliphatic rings. The average molecular weight is 543 g/mol. The number of ether oxygens (including phenoxy) is 3. The highest BCUT2D eigenvalue weighted by Crippen LogP contribution is 2.35. The van der Waals surface area contributed by atoms with E-state index in [0.29, 0.717) is 45.1 Å². The first kappa shape index (κ1) is 26.5. The summed E-state index contributed by atoms with van der Waals surface area (Å²) in [5, 5.41) is 10.3. The second-order valence-electron chi connectivity index (χ2n) is 8.09. The minimum absolute atomic E-state index is 0.109. The molecule has 4 rings (SSSR count). The number of hydrogen-bond acceptors (Lipinski definition) is 8. The summed E-state index contributed by atoms with van der Waals surface area (Å²) >= 11 is 7.38. The molecule has 194 valence electrons. The van der Waals surface area contributed by atoms with Crippen LogP contribution in [0.4, 0.5) is 0 Å². The van der Waals surface area contributed by atoms with E-state index in [1.54, 1.807) is 51.1 Å². The first-order valence-corrected chi connectivity index (χ1v) is 13.1. The summed E-state index contributed by atoms with van der Waals surface area (Å²) in [5.74, 6) is 0.226. The topological polar surface area (TPSA) is 99.4 Å². The first-order chi connectivity index (χ1) is 17.8. The molecule has 1 aliphatic heterocycles. The molecule has 2 heterocycles. The highest BCUT2D eigenvalue weighted by Gasteiger charge is 2.33. The minimum atomic E-state index is -0.726. The van der Waals surface area contributed by atoms with Crippen LogP contribution in [0.15, 0.2) is 57.5 Å². The number of aromatic hydroxyl groups is 1. The van der Waals surface area contributed by atoms with Gasteiger partial charge in [0.15, 0.2) is 16.3 Å². The molecule has 0 fully saturated rings. The van der Waals surface area contributed by atoms with Gasteiger partial charge in [-0.2, -0.15) is 0 Å². The molecular formula is C27H27ClN2O6S. The van der Waals surface area contributed by atoms with Crippen LogP contribution in [-0.2, 0) is 9.53 Å². The van der Waals surface area contributed by atoms with Crippen LogP contribution in [-0.4, -0.2) is 35.5 Å². The largest absolute Gasteiger partial charge is 0.503 e. The fourth-order valence-electron chi connectivity index (χ4n) is 4.11. The van der Waals surface area contributed by atoms with Crippen LogP contribution in [0.25, 0.3) is 6.08 Å². The third-order valence-electron chi connectivity index (χ3n) is 5.67. The van der Waals surface area contributed by atoms with Crippen molar-refractivity contribution in [3.8, 4) is 17.2 Å². The Labute approximate surface area is 222 Å². The van der Waals surface area contributed by atoms with E-state index in [-0.39, 0.29) is 28.7 Å². The van der Waals surface area contributed by atoms with Gasteiger partial charge in [-0.3, -0.25) is 9.36 Å². The van der Waals surface area contributed by atoms with E-state index in [2.05, 4.69) is 4.99 Å². The zero-order chi connectivity index (χ0) is 26.7. The smallest absolute Gasteiger partial charge is 0.338 e. The number of phenolic OH excluding ortho intramolecular Hbond substituents is 1. The molecule has 1 aromatic heterocycles. The van der Waals surface area contributed by atoms with E-state index in [0.717, 1.165) is 5.56 Å². The summed E-state index contributed by atoms with van der Waals surface area (Å²) in [5.41, 5.74) is 1.77. The highest BCUT2D eigenvalue weighted by atomic mass is 35.5. The van der Waals surface area contributed by atoms with Gasteiger partial charge < -0.3 is 19.3 Å². The molecule has 37 heavy (non-hydrogen) atoms. The van der Waals surface area contributed by atoms with Gasteiger partial charge in [0, 0.05) is 0 Å². The van der Waals surface area contributed by atoms with Crippen LogP contribution in [0.3, 0.4) is 0 Å². The molecule has 1 atom stereocenters. The van der Waals surface area contributed by atoms with Crippen LogP contribution >= 0.6 is 22.9 Å². The fraction of sp³-hybridized carbons (Fsp3) is 0.296. The number of thiazole rings is 1. The third-order valence-corrected chi connectivity index (χ3v) is 6.94. The maximum absolute atomic E-state index is 13.7. The Balaban J connectivity index is 1.91. The van der Waals surface area contributed by atoms with Crippen molar-refractivity contribution in [2.45, 2.75) is 33.7 Å². The number of phenols is 1. The zero-order valence-corrected chi connectivity index (χ0v) is 22.5. The Morgan fingerprint density at radius 3 is 2.49 bits per heavy atom. The molecule has 0 radical (unpaired) electrons. The lowest BCUT2D eigenvalue weighted by atomic mass is 9.96. The summed E-state index contributed by atoms with van der Waals surface area (Å²) < 4.78 is 18.3. The van der Waals surface area contributed by atoms with Crippen molar-refractivity contribution in [3.63, 3.8) is 0 Å². The number of esters is 1. The number of aromatic nitrogens is 1. The van der Waals surface area contributed by atoms with Gasteiger partial charge in [0.1, 0.15) is 5.75 Å². The van der Waals surface area contributed by atoms with Gasteiger partial charge >= 0.3 is 5.97 Å². The molecule has 10 heteroatoms. The molecule has 1 N–H and O–H groups in total. The molecule has 0 amide bonds. The number of nitrogens with zero attached hydrogens (tertiary/aromatic N) is 2. The Bertz CT molecular complexity index is 1540. The van der Waals surface area contributed by atoms with Crippen LogP contribution in [0.5, 0.6) is 17.2 Å². The van der Waals surface area contributed by atoms with E-state index >= 15 is 0 Å². The van der Waals surface area contributed by atoms with Crippen molar-refractivity contribution in [2.24, 2.45) is 4.99 Å². The molecule has 0 saturated heterocycles. The summed E-state index contributed by atoms with van der Waals surface area (Å²) in [7, 11) is 0. The Hall–Kier alpha value is -3.56. The maximum atomic E-state index is 13.7. The predicted octanol–water partition coefficient (Wildman–Crippen LogP) is 3.95. The second kappa shape index (κ2) is 11.2. The standard InChI is InChI=1S/C27H27ClN2O6S/c1-5-34-18-10-8-17(9-11-18)23-22(26(33)36-7-3)15(4)29-27-30(23)25(32)21(37-27)14-16-12-19(28)24(31)20(13-16)35-6-2/h8-14,23,31H,5-7H2,1-4H3/b21-14-/t23-/m1/s1. The van der Waals surface area contributed by atoms with Crippen LogP contribution in [0.1, 0.15) is 44.9 Å². The number of carbonyl (C=O) groups is 1. The fourth-order valence-corrected chi connectivity index (χ4v) is 5.38. The minimum Gasteiger partial charge on any atom is -0.503 e. The molecule has 2 aromatic carbocycles. The van der Waals surface area contributed by atoms with Crippen molar-refractivity contribution < 1.29 is 24.1 Å². The quantitative estimate of drug-likeness (QED) is 0.433. The van der Waals surface area contributed by atoms with Gasteiger partial charge in [0.05, 0.1) is 46.7 Å². The van der Waals surface area contributed by atoms with Gasteiger partial charge in [-0.15, -0.1) is 0 Å². The molecule has 0 spiro atoms. The van der Waals surface area contributed by atoms with E-state index in [1.165, 1.54) is 15.9 Å². The number of fused-ring (bicyclic) bond motifs is 1. The number of carbonyl (C=O) groups excluding carboxylic acids is 1. The molecule has 3 aromatic rings. The van der Waals surface area contributed by atoms with Crippen molar-refractivity contribution in [1.82, 2.24) is 4.57 Å². The lowest BCUT2D eigenvalue weighted by Gasteiger charge is -2.24. The van der Waals surface area contributed by atoms with Gasteiger partial charge in [0.2, 0.25) is 0 Å². The Kier molecular flexibility index (Phi) is 8.04. The lowest BCUT2D eigenvalue weighted by molar-refractivity contribution is -0.139. The summed E-state index contributed by atoms with van der Waals surface area (Å²) in [6, 6.07) is 9.72. The van der Waals surface area contributed by atoms with E-state index in [9.17, 15) is 14.7 Å². The van der Waals surface area contributed by atoms with Crippen molar-refractivity contribution in [1.29, 1.82) is 0 Å². The molecule has 0 saturated carbocycles. The van der Waals surface area contributed by atoms with Gasteiger partial charge in [-0.1, -0.05) is 35.1 Å². The van der Waals surface area contributed by atoms with Gasteiger partial charge in [0.25, 0.3) is 5.56 Å². The molecule has 0 unspecified atom stereocenters. The van der Waals surface area contributed by atoms with E-state index in [1.807, 2.05) is 19.1 Å². The lowest BCUT2D eigenvalue weighted by Crippen LogP contribution is -2.39. The van der Waals surface area contributed by atoms with Crippen molar-refractivity contribution >= 4 is 35.0 Å². The van der Waals surface area contributed by atoms with Crippen molar-refractivity contribution in [2.75, 3.05) is 19.8 Å². The number of halogens is 1. The van der Waals surface area contributed by atoms with Crippen LogP contribution < -0.4 is 24.4 Å². The maximum Gasteiger partial charge on any atom is 0.338 e. The third kappa shape index (κ3) is 5.28. The highest BCUT2D eigenvalue weighted by molar-refractivity contribution is 7.07. The SMILES string of the molecule is CCOC(=O)C1=C(C)N=c2s/c(=C\c3cc(Cl)c(O)c(OCC)c3)c(=O)n2[C@@H]1c1ccc(OCC)cc1. The number of hydrogen-bond donors (Lipinski definition) is 1. The normalized spacial score (nSPS) is 15.3. The summed E-state index contributed by atoms with van der Waals surface area (Å²) in [4.78, 5) is 31.8. The summed E-state index contributed by atoms with van der Waals surface area (Å²) in [6.45, 7) is 8.21. The Morgan fingerprint density at radius 1 is 1.14 bits per heavy atom. The predicted molar refractivity (Wildman–Crippen MR) is 142 cm³/mol. The van der Waals surface area contributed by atoms with E-state index in [4.69, 9.17) is 25.8 Å². The van der Waals surface area contributed by atoms with Gasteiger partial charge in [-0.05, 0) is 69.2 Å².